The van der Waals surface area contributed by atoms with Crippen molar-refractivity contribution in [3.05, 3.63) is 69.7 Å². The van der Waals surface area contributed by atoms with Gasteiger partial charge < -0.3 is 4.90 Å². The Kier molecular flexibility index (Phi) is 4.31. The molecule has 4 rings (SSSR count). The minimum Gasteiger partial charge on any atom is -0.305 e. The number of aromatic nitrogens is 3. The highest BCUT2D eigenvalue weighted by atomic mass is 79.9. The molecular formula is C18H14BrClN4O. The van der Waals surface area contributed by atoms with Gasteiger partial charge in [0.1, 0.15) is 5.69 Å². The summed E-state index contributed by atoms with van der Waals surface area (Å²) in [5, 5.41) is 4.77. The van der Waals surface area contributed by atoms with Crippen LogP contribution < -0.4 is 4.90 Å². The highest BCUT2D eigenvalue weighted by Crippen LogP contribution is 2.37. The number of benzene rings is 1. The van der Waals surface area contributed by atoms with Crippen LogP contribution in [0.25, 0.3) is 5.69 Å². The van der Waals surface area contributed by atoms with Gasteiger partial charge in [-0.2, -0.15) is 5.10 Å². The summed E-state index contributed by atoms with van der Waals surface area (Å²) in [7, 11) is 0. The summed E-state index contributed by atoms with van der Waals surface area (Å²) in [6, 6.07) is 9.24. The average Bonchev–Trinajstić information content (AvgIpc) is 3.15. The molecule has 25 heavy (non-hydrogen) atoms. The Morgan fingerprint density at radius 3 is 2.92 bits per heavy atom. The zero-order valence-corrected chi connectivity index (χ0v) is 15.5. The molecule has 0 unspecified atom stereocenters. The molecule has 3 aromatic rings. The van der Waals surface area contributed by atoms with E-state index in [0.29, 0.717) is 17.3 Å². The van der Waals surface area contributed by atoms with Crippen LogP contribution >= 0.6 is 27.5 Å². The summed E-state index contributed by atoms with van der Waals surface area (Å²) in [4.78, 5) is 19.1. The third-order valence-electron chi connectivity index (χ3n) is 4.18. The van der Waals surface area contributed by atoms with E-state index < -0.39 is 0 Å². The molecule has 3 heterocycles. The van der Waals surface area contributed by atoms with E-state index >= 15 is 0 Å². The summed E-state index contributed by atoms with van der Waals surface area (Å²) in [5.41, 5.74) is 3.02. The minimum absolute atomic E-state index is 0.154. The Balaban J connectivity index is 1.73. The van der Waals surface area contributed by atoms with Crippen molar-refractivity contribution < 1.29 is 4.79 Å². The number of halogens is 2. The molecule has 2 aromatic heterocycles. The fourth-order valence-electron chi connectivity index (χ4n) is 3.09. The molecule has 1 aliphatic rings. The Morgan fingerprint density at radius 1 is 1.24 bits per heavy atom. The molecule has 0 bridgehead atoms. The van der Waals surface area contributed by atoms with Gasteiger partial charge in [-0.1, -0.05) is 27.5 Å². The van der Waals surface area contributed by atoms with Gasteiger partial charge in [0, 0.05) is 29.6 Å². The molecule has 1 aliphatic heterocycles. The molecule has 0 N–H and O–H groups in total. The van der Waals surface area contributed by atoms with Gasteiger partial charge in [0.2, 0.25) is 0 Å². The number of carbonyl (C=O) groups excluding carboxylic acids is 1. The number of pyridine rings is 1. The zero-order valence-electron chi connectivity index (χ0n) is 13.2. The molecule has 126 valence electrons. The number of amides is 1. The number of hydrogen-bond donors (Lipinski definition) is 0. The van der Waals surface area contributed by atoms with E-state index in [1.165, 1.54) is 0 Å². The average molecular weight is 418 g/mol. The molecule has 0 fully saturated rings. The van der Waals surface area contributed by atoms with Crippen LogP contribution in [0.5, 0.6) is 0 Å². The molecule has 0 saturated heterocycles. The SMILES string of the molecule is O=C(c1cc(-n2cccn2)ccn1)N1CCCc2cc(Br)cc(Cl)c21. The fourth-order valence-corrected chi connectivity index (χ4v) is 4.07. The third kappa shape index (κ3) is 3.07. The van der Waals surface area contributed by atoms with Crippen molar-refractivity contribution in [2.45, 2.75) is 12.8 Å². The van der Waals surface area contributed by atoms with E-state index in [2.05, 4.69) is 26.0 Å². The van der Waals surface area contributed by atoms with E-state index in [9.17, 15) is 4.79 Å². The summed E-state index contributed by atoms with van der Waals surface area (Å²) in [5.74, 6) is -0.154. The quantitative estimate of drug-likeness (QED) is 0.625. The summed E-state index contributed by atoms with van der Waals surface area (Å²) in [6.45, 7) is 0.626. The van der Waals surface area contributed by atoms with E-state index in [0.717, 1.165) is 34.3 Å². The molecule has 1 aromatic carbocycles. The number of rotatable bonds is 2. The maximum Gasteiger partial charge on any atom is 0.276 e. The van der Waals surface area contributed by atoms with Crippen LogP contribution in [0, 0.1) is 0 Å². The zero-order chi connectivity index (χ0) is 17.4. The lowest BCUT2D eigenvalue weighted by molar-refractivity contribution is 0.0980. The van der Waals surface area contributed by atoms with E-state index in [-0.39, 0.29) is 5.91 Å². The van der Waals surface area contributed by atoms with Crippen LogP contribution in [0.1, 0.15) is 22.5 Å². The fraction of sp³-hybridized carbons (Fsp3) is 0.167. The Bertz CT molecular complexity index is 942. The molecule has 1 amide bonds. The van der Waals surface area contributed by atoms with Crippen LogP contribution in [0.2, 0.25) is 5.02 Å². The number of anilines is 1. The second kappa shape index (κ2) is 6.61. The maximum absolute atomic E-state index is 13.1. The van der Waals surface area contributed by atoms with Crippen molar-refractivity contribution in [3.63, 3.8) is 0 Å². The van der Waals surface area contributed by atoms with Crippen LogP contribution in [-0.2, 0) is 6.42 Å². The monoisotopic (exact) mass is 416 g/mol. The molecule has 0 saturated carbocycles. The van der Waals surface area contributed by atoms with E-state index in [1.54, 1.807) is 28.0 Å². The topological polar surface area (TPSA) is 51.0 Å². The first-order valence-electron chi connectivity index (χ1n) is 7.89. The number of aryl methyl sites for hydroxylation is 1. The van der Waals surface area contributed by atoms with Gasteiger partial charge in [-0.3, -0.25) is 9.78 Å². The Hall–Kier alpha value is -2.18. The second-order valence-electron chi connectivity index (χ2n) is 5.81. The van der Waals surface area contributed by atoms with Crippen LogP contribution in [0.4, 0.5) is 5.69 Å². The lowest BCUT2D eigenvalue weighted by Crippen LogP contribution is -2.36. The van der Waals surface area contributed by atoms with Gasteiger partial charge in [0.05, 0.1) is 16.4 Å². The van der Waals surface area contributed by atoms with Crippen molar-refractivity contribution in [3.8, 4) is 5.69 Å². The first-order valence-corrected chi connectivity index (χ1v) is 9.06. The predicted molar refractivity (Wildman–Crippen MR) is 101 cm³/mol. The lowest BCUT2D eigenvalue weighted by Gasteiger charge is -2.30. The number of fused-ring (bicyclic) bond motifs is 1. The van der Waals surface area contributed by atoms with Gasteiger partial charge in [0.25, 0.3) is 5.91 Å². The maximum atomic E-state index is 13.1. The molecule has 0 atom stereocenters. The first kappa shape index (κ1) is 16.3. The molecule has 0 radical (unpaired) electrons. The minimum atomic E-state index is -0.154. The number of nitrogens with zero attached hydrogens (tertiary/aromatic N) is 4. The van der Waals surface area contributed by atoms with Crippen molar-refractivity contribution >= 4 is 39.1 Å². The standard InChI is InChI=1S/C18H14BrClN4O/c19-13-9-12-3-1-7-23(17(12)15(20)10-13)18(25)16-11-14(4-6-21-16)24-8-2-5-22-24/h2,4-6,8-11H,1,3,7H2. The summed E-state index contributed by atoms with van der Waals surface area (Å²) < 4.78 is 2.62. The van der Waals surface area contributed by atoms with Crippen molar-refractivity contribution in [2.24, 2.45) is 0 Å². The molecule has 5 nitrogen and oxygen atoms in total. The number of carbonyl (C=O) groups is 1. The Morgan fingerprint density at radius 2 is 2.12 bits per heavy atom. The molecular weight excluding hydrogens is 404 g/mol. The van der Waals surface area contributed by atoms with Crippen LogP contribution in [0.3, 0.4) is 0 Å². The number of hydrogen-bond acceptors (Lipinski definition) is 3. The normalized spacial score (nSPS) is 13.6. The first-order chi connectivity index (χ1) is 12.1. The van der Waals surface area contributed by atoms with Gasteiger partial charge in [-0.15, -0.1) is 0 Å². The van der Waals surface area contributed by atoms with Gasteiger partial charge in [-0.05, 0) is 48.7 Å². The summed E-state index contributed by atoms with van der Waals surface area (Å²) in [6.07, 6.45) is 6.94. The Labute approximate surface area is 158 Å². The van der Waals surface area contributed by atoms with Crippen molar-refractivity contribution in [1.29, 1.82) is 0 Å². The second-order valence-corrected chi connectivity index (χ2v) is 7.13. The van der Waals surface area contributed by atoms with E-state index in [1.807, 2.05) is 30.5 Å². The van der Waals surface area contributed by atoms with Crippen molar-refractivity contribution in [1.82, 2.24) is 14.8 Å². The highest BCUT2D eigenvalue weighted by Gasteiger charge is 2.27. The molecule has 0 aliphatic carbocycles. The molecule has 0 spiro atoms. The van der Waals surface area contributed by atoms with Gasteiger partial charge in [0.15, 0.2) is 0 Å². The largest absolute Gasteiger partial charge is 0.305 e. The van der Waals surface area contributed by atoms with Crippen LogP contribution in [-0.4, -0.2) is 27.2 Å². The summed E-state index contributed by atoms with van der Waals surface area (Å²) >= 11 is 9.89. The van der Waals surface area contributed by atoms with Gasteiger partial charge in [-0.25, -0.2) is 4.68 Å². The smallest absolute Gasteiger partial charge is 0.276 e. The third-order valence-corrected chi connectivity index (χ3v) is 4.93. The van der Waals surface area contributed by atoms with E-state index in [4.69, 9.17) is 11.6 Å². The molecule has 7 heteroatoms. The predicted octanol–water partition coefficient (Wildman–Crippen LogP) is 4.28. The van der Waals surface area contributed by atoms with Crippen molar-refractivity contribution in [2.75, 3.05) is 11.4 Å². The lowest BCUT2D eigenvalue weighted by atomic mass is 10.0. The van der Waals surface area contributed by atoms with Gasteiger partial charge >= 0.3 is 0 Å². The van der Waals surface area contributed by atoms with Crippen LogP contribution in [0.15, 0.2) is 53.4 Å². The highest BCUT2D eigenvalue weighted by molar-refractivity contribution is 9.10.